The van der Waals surface area contributed by atoms with Crippen LogP contribution in [0.5, 0.6) is 5.75 Å². The van der Waals surface area contributed by atoms with E-state index in [0.717, 1.165) is 18.6 Å². The molecule has 0 aliphatic heterocycles. The molecule has 0 aromatic heterocycles. The molecular weight excluding hydrogens is 254 g/mol. The Morgan fingerprint density at radius 3 is 2.80 bits per heavy atom. The zero-order valence-corrected chi connectivity index (χ0v) is 12.3. The first-order chi connectivity index (χ1) is 9.70. The number of rotatable bonds is 6. The van der Waals surface area contributed by atoms with Gasteiger partial charge >= 0.3 is 0 Å². The molecule has 0 bridgehead atoms. The van der Waals surface area contributed by atoms with Gasteiger partial charge in [-0.15, -0.1) is 0 Å². The second-order valence-corrected chi connectivity index (χ2v) is 5.18. The summed E-state index contributed by atoms with van der Waals surface area (Å²) in [5, 5.41) is 2.78. The Bertz CT molecular complexity index is 459. The Morgan fingerprint density at radius 2 is 2.05 bits per heavy atom. The average Bonchev–Trinajstić information content (AvgIpc) is 2.47. The second-order valence-electron chi connectivity index (χ2n) is 5.18. The Balaban J connectivity index is 1.90. The molecule has 0 heterocycles. The van der Waals surface area contributed by atoms with E-state index in [1.807, 2.05) is 6.07 Å². The molecule has 0 saturated heterocycles. The SMILES string of the molecule is COCCNC(=O)C(C)Oc1ccc2c(c1)CCCC2. The maximum atomic E-state index is 11.8. The molecule has 1 unspecified atom stereocenters. The van der Waals surface area contributed by atoms with Gasteiger partial charge in [0.25, 0.3) is 5.91 Å². The lowest BCUT2D eigenvalue weighted by atomic mass is 9.92. The summed E-state index contributed by atoms with van der Waals surface area (Å²) in [6.45, 7) is 2.78. The minimum atomic E-state index is -0.492. The zero-order valence-electron chi connectivity index (χ0n) is 12.3. The highest BCUT2D eigenvalue weighted by Crippen LogP contribution is 2.25. The summed E-state index contributed by atoms with van der Waals surface area (Å²) in [5.74, 6) is 0.666. The van der Waals surface area contributed by atoms with Gasteiger partial charge in [-0.25, -0.2) is 0 Å². The monoisotopic (exact) mass is 277 g/mol. The van der Waals surface area contributed by atoms with Crippen LogP contribution in [-0.2, 0) is 22.4 Å². The molecule has 1 N–H and O–H groups in total. The van der Waals surface area contributed by atoms with E-state index < -0.39 is 6.10 Å². The molecule has 1 aromatic carbocycles. The molecule has 0 saturated carbocycles. The van der Waals surface area contributed by atoms with Crippen LogP contribution in [0.2, 0.25) is 0 Å². The second kappa shape index (κ2) is 7.29. The van der Waals surface area contributed by atoms with Gasteiger partial charge in [0.1, 0.15) is 5.75 Å². The molecule has 20 heavy (non-hydrogen) atoms. The number of amides is 1. The number of hydrogen-bond donors (Lipinski definition) is 1. The van der Waals surface area contributed by atoms with Crippen LogP contribution in [-0.4, -0.2) is 32.3 Å². The van der Waals surface area contributed by atoms with Gasteiger partial charge in [-0.05, 0) is 55.9 Å². The molecule has 1 atom stereocenters. The molecule has 2 rings (SSSR count). The number of benzene rings is 1. The van der Waals surface area contributed by atoms with Gasteiger partial charge in [0, 0.05) is 13.7 Å². The number of nitrogens with one attached hydrogen (secondary N) is 1. The number of methoxy groups -OCH3 is 1. The van der Waals surface area contributed by atoms with Crippen molar-refractivity contribution in [2.24, 2.45) is 0 Å². The van der Waals surface area contributed by atoms with E-state index in [-0.39, 0.29) is 5.91 Å². The zero-order chi connectivity index (χ0) is 14.4. The van der Waals surface area contributed by atoms with Crippen molar-refractivity contribution in [3.63, 3.8) is 0 Å². The molecular formula is C16H23NO3. The number of hydrogen-bond acceptors (Lipinski definition) is 3. The molecule has 0 radical (unpaired) electrons. The lowest BCUT2D eigenvalue weighted by Gasteiger charge is -2.19. The third-order valence-corrected chi connectivity index (χ3v) is 3.61. The van der Waals surface area contributed by atoms with E-state index in [9.17, 15) is 4.79 Å². The molecule has 0 spiro atoms. The first-order valence-electron chi connectivity index (χ1n) is 7.26. The number of ether oxygens (including phenoxy) is 2. The fourth-order valence-electron chi connectivity index (χ4n) is 2.46. The van der Waals surface area contributed by atoms with E-state index in [4.69, 9.17) is 9.47 Å². The molecule has 1 aliphatic rings. The highest BCUT2D eigenvalue weighted by Gasteiger charge is 2.15. The Morgan fingerprint density at radius 1 is 1.30 bits per heavy atom. The van der Waals surface area contributed by atoms with E-state index >= 15 is 0 Å². The van der Waals surface area contributed by atoms with Crippen molar-refractivity contribution >= 4 is 5.91 Å². The predicted molar refractivity (Wildman–Crippen MR) is 78.1 cm³/mol. The van der Waals surface area contributed by atoms with Crippen molar-refractivity contribution in [3.05, 3.63) is 29.3 Å². The fraction of sp³-hybridized carbons (Fsp3) is 0.562. The molecule has 110 valence electrons. The van der Waals surface area contributed by atoms with Gasteiger partial charge < -0.3 is 14.8 Å². The van der Waals surface area contributed by atoms with Gasteiger partial charge in [0.15, 0.2) is 6.10 Å². The van der Waals surface area contributed by atoms with Crippen molar-refractivity contribution in [3.8, 4) is 5.75 Å². The van der Waals surface area contributed by atoms with Crippen LogP contribution in [0, 0.1) is 0 Å². The predicted octanol–water partition coefficient (Wildman–Crippen LogP) is 2.10. The quantitative estimate of drug-likeness (QED) is 0.810. The average molecular weight is 277 g/mol. The van der Waals surface area contributed by atoms with Gasteiger partial charge in [-0.1, -0.05) is 6.07 Å². The van der Waals surface area contributed by atoms with Gasteiger partial charge in [-0.3, -0.25) is 4.79 Å². The molecule has 4 nitrogen and oxygen atoms in total. The summed E-state index contributed by atoms with van der Waals surface area (Å²) in [6.07, 6.45) is 4.28. The number of carbonyl (C=O) groups is 1. The summed E-state index contributed by atoms with van der Waals surface area (Å²) in [4.78, 5) is 11.8. The summed E-state index contributed by atoms with van der Waals surface area (Å²) >= 11 is 0. The maximum Gasteiger partial charge on any atom is 0.260 e. The van der Waals surface area contributed by atoms with Gasteiger partial charge in [0.2, 0.25) is 0 Å². The highest BCUT2D eigenvalue weighted by atomic mass is 16.5. The van der Waals surface area contributed by atoms with E-state index in [2.05, 4.69) is 17.4 Å². The third-order valence-electron chi connectivity index (χ3n) is 3.61. The Kier molecular flexibility index (Phi) is 5.41. The van der Waals surface area contributed by atoms with Crippen LogP contribution in [0.4, 0.5) is 0 Å². The van der Waals surface area contributed by atoms with Gasteiger partial charge in [0.05, 0.1) is 6.61 Å². The van der Waals surface area contributed by atoms with Crippen LogP contribution in [0.15, 0.2) is 18.2 Å². The van der Waals surface area contributed by atoms with Crippen LogP contribution in [0.25, 0.3) is 0 Å². The van der Waals surface area contributed by atoms with Crippen LogP contribution < -0.4 is 10.1 Å². The fourth-order valence-corrected chi connectivity index (χ4v) is 2.46. The van der Waals surface area contributed by atoms with E-state index in [1.165, 1.54) is 24.0 Å². The molecule has 1 amide bonds. The molecule has 1 aliphatic carbocycles. The normalized spacial score (nSPS) is 15.3. The maximum absolute atomic E-state index is 11.8. The van der Waals surface area contributed by atoms with E-state index in [0.29, 0.717) is 13.2 Å². The Hall–Kier alpha value is -1.55. The minimum absolute atomic E-state index is 0.111. The van der Waals surface area contributed by atoms with Crippen molar-refractivity contribution in [2.75, 3.05) is 20.3 Å². The first kappa shape index (κ1) is 14.9. The minimum Gasteiger partial charge on any atom is -0.481 e. The lowest BCUT2D eigenvalue weighted by molar-refractivity contribution is -0.127. The number of aryl methyl sites for hydroxylation is 2. The molecule has 0 fully saturated rings. The summed E-state index contributed by atoms with van der Waals surface area (Å²) in [6, 6.07) is 6.16. The van der Waals surface area contributed by atoms with Crippen molar-refractivity contribution in [1.29, 1.82) is 0 Å². The van der Waals surface area contributed by atoms with Crippen molar-refractivity contribution < 1.29 is 14.3 Å². The topological polar surface area (TPSA) is 47.6 Å². The van der Waals surface area contributed by atoms with Gasteiger partial charge in [-0.2, -0.15) is 0 Å². The standard InChI is InChI=1S/C16H23NO3/c1-12(16(18)17-9-10-19-2)20-15-8-7-13-5-3-4-6-14(13)11-15/h7-8,11-12H,3-6,9-10H2,1-2H3,(H,17,18). The largest absolute Gasteiger partial charge is 0.481 e. The smallest absolute Gasteiger partial charge is 0.260 e. The third kappa shape index (κ3) is 3.97. The summed E-state index contributed by atoms with van der Waals surface area (Å²) < 4.78 is 10.6. The Labute approximate surface area is 120 Å². The van der Waals surface area contributed by atoms with E-state index in [1.54, 1.807) is 14.0 Å². The van der Waals surface area contributed by atoms with Crippen LogP contribution in [0.3, 0.4) is 0 Å². The van der Waals surface area contributed by atoms with Crippen molar-refractivity contribution in [1.82, 2.24) is 5.32 Å². The molecule has 1 aromatic rings. The lowest BCUT2D eigenvalue weighted by Crippen LogP contribution is -2.37. The number of fused-ring (bicyclic) bond motifs is 1. The van der Waals surface area contributed by atoms with Crippen molar-refractivity contribution in [2.45, 2.75) is 38.7 Å². The molecule has 4 heteroatoms. The van der Waals surface area contributed by atoms with Crippen LogP contribution in [0.1, 0.15) is 30.9 Å². The van der Waals surface area contributed by atoms with Crippen LogP contribution >= 0.6 is 0 Å². The summed E-state index contributed by atoms with van der Waals surface area (Å²) in [5.41, 5.74) is 2.78. The summed E-state index contributed by atoms with van der Waals surface area (Å²) in [7, 11) is 1.61. The number of carbonyl (C=O) groups excluding carboxylic acids is 1. The highest BCUT2D eigenvalue weighted by molar-refractivity contribution is 5.80. The first-order valence-corrected chi connectivity index (χ1v) is 7.26.